The maximum Gasteiger partial charge on any atom is 0.308 e. The van der Waals surface area contributed by atoms with Gasteiger partial charge in [0.15, 0.2) is 0 Å². The van der Waals surface area contributed by atoms with Gasteiger partial charge in [0.1, 0.15) is 6.10 Å². The van der Waals surface area contributed by atoms with E-state index in [4.69, 9.17) is 9.84 Å². The maximum atomic E-state index is 12.2. The molecule has 1 N–H and O–H groups in total. The number of rotatable bonds is 4. The number of fused-ring (bicyclic) bond motifs is 2. The van der Waals surface area contributed by atoms with E-state index in [2.05, 4.69) is 0 Å². The first-order valence-electron chi connectivity index (χ1n) is 6.22. The topological polar surface area (TPSA) is 66.8 Å². The van der Waals surface area contributed by atoms with Crippen molar-refractivity contribution in [2.24, 2.45) is 5.92 Å². The van der Waals surface area contributed by atoms with Crippen molar-refractivity contribution in [3.63, 3.8) is 0 Å². The van der Waals surface area contributed by atoms with E-state index in [-0.39, 0.29) is 23.9 Å². The smallest absolute Gasteiger partial charge is 0.308 e. The summed E-state index contributed by atoms with van der Waals surface area (Å²) in [6.07, 6.45) is 1.88. The minimum absolute atomic E-state index is 0.0527. The lowest BCUT2D eigenvalue weighted by atomic mass is 9.89. The van der Waals surface area contributed by atoms with Gasteiger partial charge in [0.25, 0.3) is 5.91 Å². The second-order valence-corrected chi connectivity index (χ2v) is 4.82. The molecule has 96 valence electrons. The van der Waals surface area contributed by atoms with Crippen molar-refractivity contribution < 1.29 is 19.4 Å². The molecule has 17 heavy (non-hydrogen) atoms. The van der Waals surface area contributed by atoms with Gasteiger partial charge in [-0.05, 0) is 33.1 Å². The second-order valence-electron chi connectivity index (χ2n) is 4.82. The molecule has 2 aliphatic rings. The Bertz CT molecular complexity index is 330. The number of nitrogens with zero attached hydrogens (tertiary/aromatic N) is 1. The number of carboxylic acids is 1. The molecular formula is C12H19NO4. The highest BCUT2D eigenvalue weighted by atomic mass is 16.5. The maximum absolute atomic E-state index is 12.2. The van der Waals surface area contributed by atoms with Crippen molar-refractivity contribution in [2.75, 3.05) is 6.61 Å². The fourth-order valence-electron chi connectivity index (χ4n) is 3.13. The van der Waals surface area contributed by atoms with Gasteiger partial charge >= 0.3 is 5.97 Å². The minimum Gasteiger partial charge on any atom is -0.481 e. The Kier molecular flexibility index (Phi) is 3.38. The van der Waals surface area contributed by atoms with E-state index in [1.54, 1.807) is 11.8 Å². The Morgan fingerprint density at radius 3 is 2.71 bits per heavy atom. The number of aliphatic carboxylic acids is 1. The number of carboxylic acid groups (broad SMARTS) is 1. The van der Waals surface area contributed by atoms with Gasteiger partial charge in [-0.2, -0.15) is 0 Å². The van der Waals surface area contributed by atoms with Crippen molar-refractivity contribution in [2.45, 2.75) is 51.3 Å². The summed E-state index contributed by atoms with van der Waals surface area (Å²) >= 11 is 0. The molecule has 0 saturated carbocycles. The first-order valence-corrected chi connectivity index (χ1v) is 6.22. The molecule has 2 heterocycles. The van der Waals surface area contributed by atoms with Gasteiger partial charge in [-0.3, -0.25) is 9.59 Å². The van der Waals surface area contributed by atoms with Gasteiger partial charge in [0.05, 0.1) is 5.92 Å². The molecule has 2 rings (SSSR count). The Balaban J connectivity index is 2.08. The lowest BCUT2D eigenvalue weighted by molar-refractivity contribution is -0.146. The van der Waals surface area contributed by atoms with Crippen LogP contribution in [-0.4, -0.2) is 46.7 Å². The Hall–Kier alpha value is -1.10. The summed E-state index contributed by atoms with van der Waals surface area (Å²) in [6.45, 7) is 4.08. The monoisotopic (exact) mass is 241 g/mol. The molecule has 0 spiro atoms. The van der Waals surface area contributed by atoms with Gasteiger partial charge in [0, 0.05) is 18.7 Å². The van der Waals surface area contributed by atoms with E-state index in [0.717, 1.165) is 12.8 Å². The molecule has 2 bridgehead atoms. The number of amides is 1. The molecule has 0 aromatic carbocycles. The van der Waals surface area contributed by atoms with Crippen LogP contribution in [0.15, 0.2) is 0 Å². The van der Waals surface area contributed by atoms with Crippen molar-refractivity contribution in [3.05, 3.63) is 0 Å². The summed E-state index contributed by atoms with van der Waals surface area (Å²) in [5, 5.41) is 9.11. The molecule has 0 radical (unpaired) electrons. The van der Waals surface area contributed by atoms with Crippen molar-refractivity contribution in [1.29, 1.82) is 0 Å². The molecule has 2 aliphatic heterocycles. The van der Waals surface area contributed by atoms with E-state index in [9.17, 15) is 9.59 Å². The average Bonchev–Trinajstić information content (AvgIpc) is 2.85. The third kappa shape index (κ3) is 2.04. The highest BCUT2D eigenvalue weighted by Crippen LogP contribution is 2.42. The second kappa shape index (κ2) is 4.64. The van der Waals surface area contributed by atoms with Gasteiger partial charge in [0.2, 0.25) is 0 Å². The van der Waals surface area contributed by atoms with Crippen LogP contribution < -0.4 is 0 Å². The molecule has 2 fully saturated rings. The summed E-state index contributed by atoms with van der Waals surface area (Å²) in [6, 6.07) is -0.00980. The van der Waals surface area contributed by atoms with E-state index < -0.39 is 12.1 Å². The SMILES string of the molecule is CCOC(C)C(=O)N1C2CCC1C(C(=O)O)C2. The number of carbonyl (C=O) groups is 2. The van der Waals surface area contributed by atoms with E-state index in [1.165, 1.54) is 0 Å². The summed E-state index contributed by atoms with van der Waals surface area (Å²) in [7, 11) is 0. The first kappa shape index (κ1) is 12.4. The lowest BCUT2D eigenvalue weighted by Gasteiger charge is -2.26. The molecule has 0 aromatic rings. The number of ether oxygens (including phenoxy) is 1. The molecule has 0 aliphatic carbocycles. The normalized spacial score (nSPS) is 32.8. The van der Waals surface area contributed by atoms with Crippen LogP contribution in [0.4, 0.5) is 0 Å². The summed E-state index contributed by atoms with van der Waals surface area (Å²) in [5.41, 5.74) is 0. The lowest BCUT2D eigenvalue weighted by Crippen LogP contribution is -2.43. The first-order chi connectivity index (χ1) is 8.06. The van der Waals surface area contributed by atoms with Crippen molar-refractivity contribution in [1.82, 2.24) is 4.90 Å². The molecule has 1 amide bonds. The summed E-state index contributed by atoms with van der Waals surface area (Å²) in [4.78, 5) is 25.0. The Morgan fingerprint density at radius 2 is 2.18 bits per heavy atom. The summed E-state index contributed by atoms with van der Waals surface area (Å²) < 4.78 is 5.30. The van der Waals surface area contributed by atoms with Crippen LogP contribution in [0.2, 0.25) is 0 Å². The molecular weight excluding hydrogens is 222 g/mol. The zero-order valence-corrected chi connectivity index (χ0v) is 10.3. The van der Waals surface area contributed by atoms with Crippen molar-refractivity contribution in [3.8, 4) is 0 Å². The van der Waals surface area contributed by atoms with E-state index >= 15 is 0 Å². The van der Waals surface area contributed by atoms with Crippen LogP contribution in [0.5, 0.6) is 0 Å². The van der Waals surface area contributed by atoms with Crippen molar-refractivity contribution >= 4 is 11.9 Å². The van der Waals surface area contributed by atoms with Crippen LogP contribution in [0, 0.1) is 5.92 Å². The Labute approximate surface area is 101 Å². The van der Waals surface area contributed by atoms with Gasteiger partial charge < -0.3 is 14.7 Å². The van der Waals surface area contributed by atoms with E-state index in [1.807, 2.05) is 6.92 Å². The average molecular weight is 241 g/mol. The largest absolute Gasteiger partial charge is 0.481 e. The molecule has 5 nitrogen and oxygen atoms in total. The minimum atomic E-state index is -0.779. The van der Waals surface area contributed by atoms with Crippen LogP contribution in [-0.2, 0) is 14.3 Å². The summed E-state index contributed by atoms with van der Waals surface area (Å²) in [5.74, 6) is -1.21. The highest BCUT2D eigenvalue weighted by molar-refractivity contribution is 5.83. The Morgan fingerprint density at radius 1 is 1.47 bits per heavy atom. The van der Waals surface area contributed by atoms with Gasteiger partial charge in [-0.15, -0.1) is 0 Å². The zero-order valence-electron chi connectivity index (χ0n) is 10.3. The number of hydrogen-bond acceptors (Lipinski definition) is 3. The third-order valence-corrected chi connectivity index (χ3v) is 3.87. The molecule has 0 aromatic heterocycles. The number of carbonyl (C=O) groups excluding carboxylic acids is 1. The van der Waals surface area contributed by atoms with Crippen LogP contribution in [0.25, 0.3) is 0 Å². The predicted molar refractivity (Wildman–Crippen MR) is 60.5 cm³/mol. The quantitative estimate of drug-likeness (QED) is 0.793. The van der Waals surface area contributed by atoms with Crippen LogP contribution in [0.1, 0.15) is 33.1 Å². The number of hydrogen-bond donors (Lipinski definition) is 1. The standard InChI is InChI=1S/C12H19NO4/c1-3-17-7(2)11(14)13-8-4-5-10(13)9(6-8)12(15)16/h7-10H,3-6H2,1-2H3,(H,15,16). The molecule has 4 atom stereocenters. The highest BCUT2D eigenvalue weighted by Gasteiger charge is 2.51. The van der Waals surface area contributed by atoms with Gasteiger partial charge in [-0.1, -0.05) is 0 Å². The van der Waals surface area contributed by atoms with E-state index in [0.29, 0.717) is 13.0 Å². The van der Waals surface area contributed by atoms with Crippen LogP contribution in [0.3, 0.4) is 0 Å². The fraction of sp³-hybridized carbons (Fsp3) is 0.833. The van der Waals surface area contributed by atoms with Crippen LogP contribution >= 0.6 is 0 Å². The zero-order chi connectivity index (χ0) is 12.6. The third-order valence-electron chi connectivity index (χ3n) is 3.87. The molecule has 4 unspecified atom stereocenters. The predicted octanol–water partition coefficient (Wildman–Crippen LogP) is 0.875. The fourth-order valence-corrected chi connectivity index (χ4v) is 3.13. The molecule has 5 heteroatoms. The van der Waals surface area contributed by atoms with Gasteiger partial charge in [-0.25, -0.2) is 0 Å². The molecule has 2 saturated heterocycles.